The van der Waals surface area contributed by atoms with Crippen molar-refractivity contribution in [2.24, 2.45) is 0 Å². The van der Waals surface area contributed by atoms with Crippen molar-refractivity contribution < 1.29 is 9.18 Å². The molecule has 0 aliphatic heterocycles. The van der Waals surface area contributed by atoms with Crippen molar-refractivity contribution in [3.8, 4) is 0 Å². The van der Waals surface area contributed by atoms with E-state index in [0.717, 1.165) is 5.56 Å². The second-order valence-corrected chi connectivity index (χ2v) is 5.21. The van der Waals surface area contributed by atoms with Crippen molar-refractivity contribution in [1.82, 2.24) is 10.2 Å². The zero-order valence-electron chi connectivity index (χ0n) is 12.2. The Kier molecular flexibility index (Phi) is 5.06. The zero-order valence-corrected chi connectivity index (χ0v) is 12.2. The minimum atomic E-state index is -0.348. The highest BCUT2D eigenvalue weighted by Gasteiger charge is 2.16. The molecule has 0 unspecified atom stereocenters. The second-order valence-electron chi connectivity index (χ2n) is 5.21. The molecule has 0 heterocycles. The Hall–Kier alpha value is -2.20. The third-order valence-electron chi connectivity index (χ3n) is 3.16. The fourth-order valence-electron chi connectivity index (χ4n) is 2.13. The maximum absolute atomic E-state index is 12.9. The zero-order chi connectivity index (χ0) is 15.2. The highest BCUT2D eigenvalue weighted by atomic mass is 19.1. The molecular weight excluding hydrogens is 267 g/mol. The number of rotatable bonds is 5. The third kappa shape index (κ3) is 4.39. The van der Waals surface area contributed by atoms with Crippen LogP contribution in [0.15, 0.2) is 54.6 Å². The lowest BCUT2D eigenvalue weighted by molar-refractivity contribution is 0.0930. The summed E-state index contributed by atoms with van der Waals surface area (Å²) in [5.74, 6) is -0.551. The molecule has 1 N–H and O–H groups in total. The minimum absolute atomic E-state index is 0.112. The smallest absolute Gasteiger partial charge is 0.251 e. The van der Waals surface area contributed by atoms with Crippen LogP contribution < -0.4 is 5.32 Å². The first-order valence-corrected chi connectivity index (χ1v) is 6.82. The van der Waals surface area contributed by atoms with Crippen LogP contribution in [0.1, 0.15) is 22.0 Å². The van der Waals surface area contributed by atoms with Gasteiger partial charge in [-0.1, -0.05) is 30.3 Å². The van der Waals surface area contributed by atoms with Gasteiger partial charge in [0.25, 0.3) is 5.91 Å². The van der Waals surface area contributed by atoms with Gasteiger partial charge in [-0.3, -0.25) is 4.79 Å². The van der Waals surface area contributed by atoms with Crippen molar-refractivity contribution in [2.45, 2.75) is 6.04 Å². The van der Waals surface area contributed by atoms with E-state index in [9.17, 15) is 9.18 Å². The van der Waals surface area contributed by atoms with Gasteiger partial charge in [-0.25, -0.2) is 4.39 Å². The van der Waals surface area contributed by atoms with Crippen LogP contribution in [0, 0.1) is 5.82 Å². The number of hydrogen-bond acceptors (Lipinski definition) is 2. The van der Waals surface area contributed by atoms with E-state index < -0.39 is 0 Å². The van der Waals surface area contributed by atoms with Crippen LogP contribution in [0.3, 0.4) is 0 Å². The number of benzene rings is 2. The van der Waals surface area contributed by atoms with Crippen LogP contribution in [-0.4, -0.2) is 31.4 Å². The number of nitrogens with zero attached hydrogens (tertiary/aromatic N) is 1. The van der Waals surface area contributed by atoms with Gasteiger partial charge >= 0.3 is 0 Å². The van der Waals surface area contributed by atoms with Gasteiger partial charge in [0.1, 0.15) is 5.82 Å². The quantitative estimate of drug-likeness (QED) is 0.916. The lowest BCUT2D eigenvalue weighted by atomic mass is 10.1. The molecule has 0 saturated carbocycles. The molecule has 4 heteroatoms. The number of hydrogen-bond donors (Lipinski definition) is 1. The highest BCUT2D eigenvalue weighted by Crippen LogP contribution is 2.14. The molecular formula is C17H19FN2O. The van der Waals surface area contributed by atoms with E-state index in [0.29, 0.717) is 12.1 Å². The number of halogens is 1. The summed E-state index contributed by atoms with van der Waals surface area (Å²) in [5, 5.41) is 3.00. The number of likely N-dealkylation sites (N-methyl/N-ethyl adjacent to an activating group) is 1. The summed E-state index contributed by atoms with van der Waals surface area (Å²) in [6.07, 6.45) is 0. The Morgan fingerprint density at radius 3 is 2.29 bits per heavy atom. The van der Waals surface area contributed by atoms with Crippen LogP contribution in [0.5, 0.6) is 0 Å². The lowest BCUT2D eigenvalue weighted by Gasteiger charge is -2.23. The van der Waals surface area contributed by atoms with Gasteiger partial charge in [0.2, 0.25) is 0 Å². The van der Waals surface area contributed by atoms with Crippen molar-refractivity contribution in [3.63, 3.8) is 0 Å². The molecule has 0 radical (unpaired) electrons. The van der Waals surface area contributed by atoms with Gasteiger partial charge in [-0.15, -0.1) is 0 Å². The number of carbonyl (C=O) groups excluding carboxylic acids is 1. The fraction of sp³-hybridized carbons (Fsp3) is 0.235. The topological polar surface area (TPSA) is 32.3 Å². The van der Waals surface area contributed by atoms with E-state index in [1.165, 1.54) is 24.3 Å². The molecule has 2 rings (SSSR count). The molecule has 3 nitrogen and oxygen atoms in total. The first-order chi connectivity index (χ1) is 10.1. The average Bonchev–Trinajstić information content (AvgIpc) is 2.47. The van der Waals surface area contributed by atoms with Crippen LogP contribution in [0.4, 0.5) is 4.39 Å². The molecule has 2 aromatic rings. The summed E-state index contributed by atoms with van der Waals surface area (Å²) < 4.78 is 12.9. The molecule has 21 heavy (non-hydrogen) atoms. The highest BCUT2D eigenvalue weighted by molar-refractivity contribution is 5.94. The van der Waals surface area contributed by atoms with Gasteiger partial charge in [-0.2, -0.15) is 0 Å². The van der Waals surface area contributed by atoms with E-state index >= 15 is 0 Å². The number of amides is 1. The molecule has 0 aliphatic rings. The van der Waals surface area contributed by atoms with Crippen molar-refractivity contribution in [3.05, 3.63) is 71.5 Å². The summed E-state index contributed by atoms with van der Waals surface area (Å²) in [5.41, 5.74) is 1.50. The number of carbonyl (C=O) groups is 1. The molecule has 0 aromatic heterocycles. The maximum Gasteiger partial charge on any atom is 0.251 e. The Morgan fingerprint density at radius 1 is 1.10 bits per heavy atom. The van der Waals surface area contributed by atoms with Gasteiger partial charge < -0.3 is 10.2 Å². The van der Waals surface area contributed by atoms with Crippen molar-refractivity contribution in [2.75, 3.05) is 20.6 Å². The van der Waals surface area contributed by atoms with E-state index in [4.69, 9.17) is 0 Å². The molecule has 2 aromatic carbocycles. The van der Waals surface area contributed by atoms with E-state index in [1.807, 2.05) is 49.3 Å². The van der Waals surface area contributed by atoms with Gasteiger partial charge in [-0.05, 0) is 43.9 Å². The summed E-state index contributed by atoms with van der Waals surface area (Å²) >= 11 is 0. The molecule has 0 spiro atoms. The van der Waals surface area contributed by atoms with E-state index in [1.54, 1.807) is 0 Å². The predicted molar refractivity (Wildman–Crippen MR) is 81.6 cm³/mol. The normalized spacial score (nSPS) is 12.2. The molecule has 110 valence electrons. The monoisotopic (exact) mass is 286 g/mol. The van der Waals surface area contributed by atoms with Crippen LogP contribution in [0.2, 0.25) is 0 Å². The summed E-state index contributed by atoms with van der Waals surface area (Å²) in [7, 11) is 3.92. The van der Waals surface area contributed by atoms with Crippen molar-refractivity contribution in [1.29, 1.82) is 0 Å². The SMILES string of the molecule is CN(C)C[C@H](NC(=O)c1ccc(F)cc1)c1ccccc1. The predicted octanol–water partition coefficient (Wildman–Crippen LogP) is 2.86. The summed E-state index contributed by atoms with van der Waals surface area (Å²) in [6, 6.07) is 15.3. The Bertz CT molecular complexity index is 581. The largest absolute Gasteiger partial charge is 0.344 e. The Labute approximate surface area is 124 Å². The molecule has 1 amide bonds. The van der Waals surface area contributed by atoms with Gasteiger partial charge in [0, 0.05) is 12.1 Å². The van der Waals surface area contributed by atoms with Gasteiger partial charge in [0.05, 0.1) is 6.04 Å². The van der Waals surface area contributed by atoms with Crippen LogP contribution in [0.25, 0.3) is 0 Å². The van der Waals surface area contributed by atoms with Crippen LogP contribution >= 0.6 is 0 Å². The Balaban J connectivity index is 2.15. The van der Waals surface area contributed by atoms with Crippen molar-refractivity contribution >= 4 is 5.91 Å². The summed E-state index contributed by atoms with van der Waals surface area (Å²) in [6.45, 7) is 0.691. The standard InChI is InChI=1S/C17H19FN2O/c1-20(2)12-16(13-6-4-3-5-7-13)19-17(21)14-8-10-15(18)11-9-14/h3-11,16H,12H2,1-2H3,(H,19,21)/t16-/m0/s1. The molecule has 0 aliphatic carbocycles. The number of nitrogens with one attached hydrogen (secondary N) is 1. The molecule has 0 saturated heterocycles. The maximum atomic E-state index is 12.9. The van der Waals surface area contributed by atoms with Crippen LogP contribution in [-0.2, 0) is 0 Å². The first kappa shape index (κ1) is 15.2. The molecule has 0 bridgehead atoms. The second kappa shape index (κ2) is 6.99. The minimum Gasteiger partial charge on any atom is -0.344 e. The Morgan fingerprint density at radius 2 is 1.71 bits per heavy atom. The third-order valence-corrected chi connectivity index (χ3v) is 3.16. The summed E-state index contributed by atoms with van der Waals surface area (Å²) in [4.78, 5) is 14.3. The molecule has 1 atom stereocenters. The van der Waals surface area contributed by atoms with E-state index in [-0.39, 0.29) is 17.8 Å². The lowest BCUT2D eigenvalue weighted by Crippen LogP contribution is -2.35. The average molecular weight is 286 g/mol. The van der Waals surface area contributed by atoms with E-state index in [2.05, 4.69) is 5.32 Å². The first-order valence-electron chi connectivity index (χ1n) is 6.82. The fourth-order valence-corrected chi connectivity index (χ4v) is 2.13. The van der Waals surface area contributed by atoms with Gasteiger partial charge in [0.15, 0.2) is 0 Å². The molecule has 0 fully saturated rings.